The maximum Gasteiger partial charge on any atom is 0.0410 e. The number of hydrogen-bond acceptors (Lipinski definition) is 1. The van der Waals surface area contributed by atoms with Crippen LogP contribution in [0.2, 0.25) is 5.02 Å². The van der Waals surface area contributed by atoms with Crippen molar-refractivity contribution in [3.63, 3.8) is 0 Å². The van der Waals surface area contributed by atoms with Gasteiger partial charge in [-0.05, 0) is 42.5 Å². The number of halogens is 2. The first-order valence-corrected chi connectivity index (χ1v) is 6.38. The standard InChI is InChI=1S/C12H17BrClN/c1-8(2)3-6-12(15)10-7-9(14)4-5-11(10)13/h4-5,7-8,12H,3,6,15H2,1-2H3/t12-/m1/s1. The van der Waals surface area contributed by atoms with Crippen LogP contribution in [0.4, 0.5) is 0 Å². The predicted octanol–water partition coefficient (Wildman–Crippen LogP) is 4.54. The van der Waals surface area contributed by atoms with Crippen molar-refractivity contribution in [3.05, 3.63) is 33.3 Å². The Labute approximate surface area is 105 Å². The van der Waals surface area contributed by atoms with E-state index in [4.69, 9.17) is 17.3 Å². The number of nitrogens with two attached hydrogens (primary N) is 1. The number of hydrogen-bond donors (Lipinski definition) is 1. The minimum Gasteiger partial charge on any atom is -0.324 e. The third-order valence-electron chi connectivity index (χ3n) is 2.41. The highest BCUT2D eigenvalue weighted by molar-refractivity contribution is 9.10. The normalized spacial score (nSPS) is 13.2. The molecule has 1 aromatic rings. The zero-order valence-electron chi connectivity index (χ0n) is 9.13. The highest BCUT2D eigenvalue weighted by Gasteiger charge is 2.10. The van der Waals surface area contributed by atoms with Crippen LogP contribution >= 0.6 is 27.5 Å². The van der Waals surface area contributed by atoms with Crippen molar-refractivity contribution in [1.29, 1.82) is 0 Å². The second-order valence-electron chi connectivity index (χ2n) is 4.24. The molecule has 1 aromatic carbocycles. The lowest BCUT2D eigenvalue weighted by Gasteiger charge is -2.15. The molecule has 0 amide bonds. The monoisotopic (exact) mass is 289 g/mol. The fourth-order valence-electron chi connectivity index (χ4n) is 1.47. The van der Waals surface area contributed by atoms with Gasteiger partial charge in [-0.15, -0.1) is 0 Å². The van der Waals surface area contributed by atoms with Crippen LogP contribution in [0.25, 0.3) is 0 Å². The molecular weight excluding hydrogens is 273 g/mol. The molecule has 1 atom stereocenters. The molecule has 1 rings (SSSR count). The predicted molar refractivity (Wildman–Crippen MR) is 70.2 cm³/mol. The average molecular weight is 291 g/mol. The van der Waals surface area contributed by atoms with Crippen molar-refractivity contribution in [2.75, 3.05) is 0 Å². The van der Waals surface area contributed by atoms with E-state index < -0.39 is 0 Å². The molecule has 15 heavy (non-hydrogen) atoms. The third-order valence-corrected chi connectivity index (χ3v) is 3.37. The molecule has 0 aliphatic heterocycles. The van der Waals surface area contributed by atoms with Crippen molar-refractivity contribution in [3.8, 4) is 0 Å². The van der Waals surface area contributed by atoms with Crippen LogP contribution < -0.4 is 5.73 Å². The van der Waals surface area contributed by atoms with E-state index in [1.807, 2.05) is 18.2 Å². The average Bonchev–Trinajstić information content (AvgIpc) is 2.18. The van der Waals surface area contributed by atoms with Gasteiger partial charge in [-0.2, -0.15) is 0 Å². The third kappa shape index (κ3) is 4.13. The molecule has 0 saturated heterocycles. The summed E-state index contributed by atoms with van der Waals surface area (Å²) in [7, 11) is 0. The summed E-state index contributed by atoms with van der Waals surface area (Å²) < 4.78 is 1.04. The van der Waals surface area contributed by atoms with E-state index in [1.165, 1.54) is 0 Å². The van der Waals surface area contributed by atoms with Gasteiger partial charge in [0.05, 0.1) is 0 Å². The summed E-state index contributed by atoms with van der Waals surface area (Å²) in [4.78, 5) is 0. The number of benzene rings is 1. The van der Waals surface area contributed by atoms with Crippen LogP contribution in [-0.4, -0.2) is 0 Å². The van der Waals surface area contributed by atoms with Crippen LogP contribution in [0, 0.1) is 5.92 Å². The van der Waals surface area contributed by atoms with Crippen LogP contribution in [-0.2, 0) is 0 Å². The SMILES string of the molecule is CC(C)CC[C@@H](N)c1cc(Cl)ccc1Br. The topological polar surface area (TPSA) is 26.0 Å². The summed E-state index contributed by atoms with van der Waals surface area (Å²) in [5, 5.41) is 0.744. The maximum absolute atomic E-state index is 6.12. The van der Waals surface area contributed by atoms with Gasteiger partial charge in [0.15, 0.2) is 0 Å². The molecule has 0 unspecified atom stereocenters. The molecule has 2 N–H and O–H groups in total. The van der Waals surface area contributed by atoms with Gasteiger partial charge in [-0.3, -0.25) is 0 Å². The lowest BCUT2D eigenvalue weighted by molar-refractivity contribution is 0.506. The van der Waals surface area contributed by atoms with Crippen molar-refractivity contribution in [1.82, 2.24) is 0 Å². The van der Waals surface area contributed by atoms with Gasteiger partial charge in [-0.25, -0.2) is 0 Å². The Hall–Kier alpha value is -0.0500. The van der Waals surface area contributed by atoms with Crippen LogP contribution in [0.5, 0.6) is 0 Å². The minimum atomic E-state index is 0.0699. The van der Waals surface area contributed by atoms with Gasteiger partial charge in [0, 0.05) is 15.5 Å². The largest absolute Gasteiger partial charge is 0.324 e. The first-order chi connectivity index (χ1) is 7.00. The lowest BCUT2D eigenvalue weighted by Crippen LogP contribution is -2.11. The van der Waals surface area contributed by atoms with E-state index in [9.17, 15) is 0 Å². The van der Waals surface area contributed by atoms with Gasteiger partial charge in [0.1, 0.15) is 0 Å². The maximum atomic E-state index is 6.12. The minimum absolute atomic E-state index is 0.0699. The summed E-state index contributed by atoms with van der Waals surface area (Å²) >= 11 is 9.45. The molecule has 0 radical (unpaired) electrons. The zero-order valence-corrected chi connectivity index (χ0v) is 11.5. The Bertz CT molecular complexity index is 325. The Balaban J connectivity index is 2.72. The molecule has 0 saturated carbocycles. The molecule has 0 bridgehead atoms. The molecule has 0 aliphatic carbocycles. The molecule has 1 nitrogen and oxygen atoms in total. The zero-order chi connectivity index (χ0) is 11.4. The highest BCUT2D eigenvalue weighted by Crippen LogP contribution is 2.28. The second-order valence-corrected chi connectivity index (χ2v) is 5.53. The first kappa shape index (κ1) is 13.0. The smallest absolute Gasteiger partial charge is 0.0410 e. The molecule has 0 spiro atoms. The second kappa shape index (κ2) is 5.88. The first-order valence-electron chi connectivity index (χ1n) is 5.21. The quantitative estimate of drug-likeness (QED) is 0.865. The number of rotatable bonds is 4. The summed E-state index contributed by atoms with van der Waals surface area (Å²) in [5.41, 5.74) is 7.22. The summed E-state index contributed by atoms with van der Waals surface area (Å²) in [6, 6.07) is 5.83. The van der Waals surface area contributed by atoms with Crippen molar-refractivity contribution in [2.24, 2.45) is 11.7 Å². The Morgan fingerprint density at radius 2 is 2.00 bits per heavy atom. The van der Waals surface area contributed by atoms with Crippen molar-refractivity contribution in [2.45, 2.75) is 32.7 Å². The van der Waals surface area contributed by atoms with Crippen LogP contribution in [0.3, 0.4) is 0 Å². The molecule has 3 heteroatoms. The van der Waals surface area contributed by atoms with Crippen molar-refractivity contribution >= 4 is 27.5 Å². The van der Waals surface area contributed by atoms with Gasteiger partial charge in [-0.1, -0.05) is 41.4 Å². The summed E-state index contributed by atoms with van der Waals surface area (Å²) in [5.74, 6) is 0.689. The van der Waals surface area contributed by atoms with E-state index in [2.05, 4.69) is 29.8 Å². The van der Waals surface area contributed by atoms with Gasteiger partial charge < -0.3 is 5.73 Å². The molecule has 84 valence electrons. The molecular formula is C12H17BrClN. The van der Waals surface area contributed by atoms with E-state index in [0.717, 1.165) is 27.9 Å². The Kier molecular flexibility index (Phi) is 5.10. The fourth-order valence-corrected chi connectivity index (χ4v) is 2.19. The Morgan fingerprint density at radius 3 is 2.60 bits per heavy atom. The van der Waals surface area contributed by atoms with Crippen LogP contribution in [0.15, 0.2) is 22.7 Å². The van der Waals surface area contributed by atoms with E-state index in [0.29, 0.717) is 5.92 Å². The summed E-state index contributed by atoms with van der Waals surface area (Å²) in [6.45, 7) is 4.42. The van der Waals surface area contributed by atoms with Gasteiger partial charge >= 0.3 is 0 Å². The van der Waals surface area contributed by atoms with Gasteiger partial charge in [0.2, 0.25) is 0 Å². The molecule has 0 aromatic heterocycles. The molecule has 0 fully saturated rings. The Morgan fingerprint density at radius 1 is 1.33 bits per heavy atom. The molecule has 0 heterocycles. The highest BCUT2D eigenvalue weighted by atomic mass is 79.9. The van der Waals surface area contributed by atoms with Crippen molar-refractivity contribution < 1.29 is 0 Å². The van der Waals surface area contributed by atoms with E-state index in [1.54, 1.807) is 0 Å². The summed E-state index contributed by atoms with van der Waals surface area (Å²) in [6.07, 6.45) is 2.14. The van der Waals surface area contributed by atoms with Gasteiger partial charge in [0.25, 0.3) is 0 Å². The van der Waals surface area contributed by atoms with E-state index in [-0.39, 0.29) is 6.04 Å². The van der Waals surface area contributed by atoms with E-state index >= 15 is 0 Å². The lowest BCUT2D eigenvalue weighted by atomic mass is 9.98. The molecule has 0 aliphatic rings. The fraction of sp³-hybridized carbons (Fsp3) is 0.500. The van der Waals surface area contributed by atoms with Crippen LogP contribution in [0.1, 0.15) is 38.3 Å².